The van der Waals surface area contributed by atoms with Crippen LogP contribution in [-0.4, -0.2) is 63.2 Å². The van der Waals surface area contributed by atoms with Crippen molar-refractivity contribution in [2.75, 3.05) is 25.5 Å². The van der Waals surface area contributed by atoms with Crippen molar-refractivity contribution in [1.82, 2.24) is 14.3 Å². The van der Waals surface area contributed by atoms with E-state index in [9.17, 15) is 21.9 Å². The number of nitrogen functional groups attached to an aromatic ring is 1. The van der Waals surface area contributed by atoms with Gasteiger partial charge in [0.15, 0.2) is 12.5 Å². The number of aliphatic imine (C=N–C) groups is 1. The van der Waals surface area contributed by atoms with Crippen molar-refractivity contribution in [3.05, 3.63) is 35.9 Å². The van der Waals surface area contributed by atoms with E-state index in [0.717, 1.165) is 6.07 Å². The number of hydrogen-bond donors (Lipinski definition) is 5. The van der Waals surface area contributed by atoms with Gasteiger partial charge in [-0.1, -0.05) is 18.2 Å². The predicted molar refractivity (Wildman–Crippen MR) is 128 cm³/mol. The minimum atomic E-state index is -4.65. The molecule has 1 aromatic heterocycles. The van der Waals surface area contributed by atoms with E-state index in [0.29, 0.717) is 16.6 Å². The van der Waals surface area contributed by atoms with E-state index in [1.807, 2.05) is 0 Å². The molecular formula is C19H23N9O5S2. The fraction of sp³-hybridized carbons (Fsp3) is 0.263. The first-order valence-corrected chi connectivity index (χ1v) is 13.2. The second kappa shape index (κ2) is 9.06. The molecule has 0 aliphatic carbocycles. The molecule has 1 aliphatic heterocycles. The quantitative estimate of drug-likeness (QED) is 0.252. The molecule has 186 valence electrons. The first-order chi connectivity index (χ1) is 16.5. The zero-order valence-electron chi connectivity index (χ0n) is 18.5. The summed E-state index contributed by atoms with van der Waals surface area (Å²) >= 11 is 0. The summed E-state index contributed by atoms with van der Waals surface area (Å²) in [7, 11) is -7.40. The Morgan fingerprint density at radius 2 is 1.91 bits per heavy atom. The van der Waals surface area contributed by atoms with Crippen LogP contribution in [-0.2, 0) is 27.1 Å². The lowest BCUT2D eigenvalue weighted by molar-refractivity contribution is 0.186. The van der Waals surface area contributed by atoms with Crippen molar-refractivity contribution in [2.24, 2.45) is 33.1 Å². The number of fused-ring (bicyclic) bond motifs is 1. The second-order valence-corrected chi connectivity index (χ2v) is 10.9. The molecule has 0 saturated heterocycles. The van der Waals surface area contributed by atoms with Crippen molar-refractivity contribution < 1.29 is 21.9 Å². The number of nitrogens with one attached hydrogen (secondary N) is 1. The van der Waals surface area contributed by atoms with Gasteiger partial charge in [0.05, 0.1) is 22.7 Å². The van der Waals surface area contributed by atoms with Gasteiger partial charge in [-0.3, -0.25) is 0 Å². The number of nitrogens with zero attached hydrogens (tertiary/aromatic N) is 5. The molecule has 2 aromatic carbocycles. The largest absolute Gasteiger partial charge is 0.390 e. The molecule has 14 nitrogen and oxygen atoms in total. The number of aliphatic hydroxyl groups excluding tert-OH is 1. The molecule has 0 spiro atoms. The monoisotopic (exact) mass is 521 g/mol. The van der Waals surface area contributed by atoms with Gasteiger partial charge in [-0.2, -0.15) is 5.11 Å². The summed E-state index contributed by atoms with van der Waals surface area (Å²) in [5, 5.41) is 22.9. The van der Waals surface area contributed by atoms with Crippen molar-refractivity contribution in [1.29, 1.82) is 0 Å². The molecule has 8 N–H and O–H groups in total. The van der Waals surface area contributed by atoms with Crippen molar-refractivity contribution in [2.45, 2.75) is 15.9 Å². The highest BCUT2D eigenvalue weighted by Gasteiger charge is 2.33. The smallest absolute Gasteiger partial charge is 0.242 e. The van der Waals surface area contributed by atoms with E-state index in [1.54, 1.807) is 29.8 Å². The van der Waals surface area contributed by atoms with Crippen LogP contribution in [0.4, 0.5) is 5.95 Å². The molecule has 0 radical (unpaired) electrons. The highest BCUT2D eigenvalue weighted by molar-refractivity contribution is 7.92. The van der Waals surface area contributed by atoms with Crippen LogP contribution in [0.25, 0.3) is 22.2 Å². The van der Waals surface area contributed by atoms with E-state index < -0.39 is 42.5 Å². The Kier molecular flexibility index (Phi) is 6.43. The van der Waals surface area contributed by atoms with E-state index >= 15 is 0 Å². The molecule has 0 amide bonds. The Balaban J connectivity index is 2.06. The molecule has 1 atom stereocenters. The average molecular weight is 522 g/mol. The summed E-state index contributed by atoms with van der Waals surface area (Å²) in [5.41, 5.74) is 13.0. The van der Waals surface area contributed by atoms with Crippen LogP contribution in [0, 0.1) is 0 Å². The van der Waals surface area contributed by atoms with Gasteiger partial charge in [-0.15, -0.1) is 5.11 Å². The number of anilines is 1. The molecule has 2 heterocycles. The van der Waals surface area contributed by atoms with Gasteiger partial charge >= 0.3 is 0 Å². The number of aromatic nitrogens is 2. The normalized spacial score (nSPS) is 15.0. The fourth-order valence-corrected chi connectivity index (χ4v) is 6.35. The number of aryl methyl sites for hydroxylation is 1. The predicted octanol–water partition coefficient (Wildman–Crippen LogP) is -0.762. The molecule has 3 aromatic rings. The Bertz CT molecular complexity index is 1590. The van der Waals surface area contributed by atoms with E-state index in [1.165, 1.54) is 6.07 Å². The number of nitrogens with two attached hydrogens (primary N) is 3. The lowest BCUT2D eigenvalue weighted by Gasteiger charge is -2.18. The number of primary sulfonamides is 1. The Morgan fingerprint density at radius 1 is 1.17 bits per heavy atom. The summed E-state index contributed by atoms with van der Waals surface area (Å²) < 4.78 is 55.6. The summed E-state index contributed by atoms with van der Waals surface area (Å²) in [4.78, 5) is 7.14. The summed E-state index contributed by atoms with van der Waals surface area (Å²) in [6.07, 6.45) is -1.18. The van der Waals surface area contributed by atoms with Gasteiger partial charge in [0.1, 0.15) is 9.79 Å². The highest BCUT2D eigenvalue weighted by Crippen LogP contribution is 2.37. The minimum Gasteiger partial charge on any atom is -0.390 e. The standard InChI is InChI=1S/C19H23N9O5S2/c1-28-13-4-2-3-12(16(13)26-19(28)21)11-5-6-14(35(32,33)25-8-10(29)7-20)17(34(22,30)31)15(11)18-23-9-24-27-18/h2-6,10,25,29H,7-9,20H2,1H3,(H2,21,26)(H2,22,30,31)/t10-/m0/s1. The van der Waals surface area contributed by atoms with Crippen LogP contribution in [0.15, 0.2) is 55.3 Å². The summed E-state index contributed by atoms with van der Waals surface area (Å²) in [6.45, 7) is -0.714. The Hall–Kier alpha value is -3.28. The molecule has 0 bridgehead atoms. The van der Waals surface area contributed by atoms with Gasteiger partial charge in [-0.05, 0) is 17.7 Å². The lowest BCUT2D eigenvalue weighted by atomic mass is 9.97. The average Bonchev–Trinajstić information content (AvgIpc) is 3.44. The molecule has 0 fully saturated rings. The zero-order chi connectivity index (χ0) is 25.5. The Morgan fingerprint density at radius 3 is 2.54 bits per heavy atom. The maximum Gasteiger partial charge on any atom is 0.242 e. The van der Waals surface area contributed by atoms with Gasteiger partial charge in [0, 0.05) is 25.7 Å². The van der Waals surface area contributed by atoms with E-state index in [2.05, 4.69) is 24.9 Å². The minimum absolute atomic E-state index is 0.0719. The number of imidazole rings is 1. The number of hydrogen-bond acceptors (Lipinski definition) is 11. The molecule has 16 heteroatoms. The summed E-state index contributed by atoms with van der Waals surface area (Å²) in [5.74, 6) is 0.115. The number of para-hydroxylation sites is 1. The second-order valence-electron chi connectivity index (χ2n) is 7.67. The third kappa shape index (κ3) is 4.54. The van der Waals surface area contributed by atoms with Crippen molar-refractivity contribution >= 4 is 42.9 Å². The van der Waals surface area contributed by atoms with Crippen LogP contribution in [0.1, 0.15) is 5.56 Å². The maximum absolute atomic E-state index is 13.1. The van der Waals surface area contributed by atoms with Crippen LogP contribution in [0.5, 0.6) is 0 Å². The van der Waals surface area contributed by atoms with E-state index in [-0.39, 0.29) is 36.1 Å². The number of azo groups is 1. The third-order valence-electron chi connectivity index (χ3n) is 5.39. The number of rotatable bonds is 8. The molecule has 0 saturated carbocycles. The van der Waals surface area contributed by atoms with Gasteiger partial charge in [-0.25, -0.2) is 36.7 Å². The Labute approximate surface area is 200 Å². The molecule has 35 heavy (non-hydrogen) atoms. The first-order valence-electron chi connectivity index (χ1n) is 10.2. The van der Waals surface area contributed by atoms with Crippen molar-refractivity contribution in [3.63, 3.8) is 0 Å². The SMILES string of the molecule is Cn1c(N)nc2c(-c3ccc(S(=O)(=O)NC[C@@H](O)CN)c(S(N)(=O)=O)c3C3=NCN=N3)cccc21. The lowest BCUT2D eigenvalue weighted by Crippen LogP contribution is -2.37. The summed E-state index contributed by atoms with van der Waals surface area (Å²) in [6, 6.07) is 7.69. The molecule has 0 unspecified atom stereocenters. The highest BCUT2D eigenvalue weighted by atomic mass is 32.2. The van der Waals surface area contributed by atoms with Gasteiger partial charge < -0.3 is 21.1 Å². The number of sulfonamides is 2. The van der Waals surface area contributed by atoms with Gasteiger partial charge in [0.2, 0.25) is 26.0 Å². The van der Waals surface area contributed by atoms with Crippen LogP contribution in [0.3, 0.4) is 0 Å². The van der Waals surface area contributed by atoms with Gasteiger partial charge in [0.25, 0.3) is 0 Å². The molecular weight excluding hydrogens is 498 g/mol. The van der Waals surface area contributed by atoms with Crippen LogP contribution < -0.4 is 21.3 Å². The number of aliphatic hydroxyl groups is 1. The van der Waals surface area contributed by atoms with Crippen LogP contribution in [0.2, 0.25) is 0 Å². The number of amidine groups is 1. The molecule has 4 rings (SSSR count). The third-order valence-corrected chi connectivity index (χ3v) is 7.97. The van der Waals surface area contributed by atoms with Crippen molar-refractivity contribution in [3.8, 4) is 11.1 Å². The maximum atomic E-state index is 13.1. The van der Waals surface area contributed by atoms with E-state index in [4.69, 9.17) is 16.6 Å². The topological polar surface area (TPSA) is 234 Å². The first kappa shape index (κ1) is 24.8. The fourth-order valence-electron chi connectivity index (χ4n) is 3.68. The number of benzene rings is 2. The van der Waals surface area contributed by atoms with Crippen LogP contribution >= 0.6 is 0 Å². The molecule has 1 aliphatic rings. The zero-order valence-corrected chi connectivity index (χ0v) is 20.1.